The minimum atomic E-state index is -1.86. The first-order valence-electron chi connectivity index (χ1n) is 8.28. The first-order valence-corrected chi connectivity index (χ1v) is 8.80. The van der Waals surface area contributed by atoms with Gasteiger partial charge in [0, 0.05) is 13.1 Å². The fourth-order valence-electron chi connectivity index (χ4n) is 2.02. The van der Waals surface area contributed by atoms with Crippen molar-refractivity contribution in [3.63, 3.8) is 0 Å². The molecule has 0 bridgehead atoms. The third-order valence-corrected chi connectivity index (χ3v) is 3.84. The molecule has 0 aromatic carbocycles. The van der Waals surface area contributed by atoms with Gasteiger partial charge in [-0.2, -0.15) is 12.6 Å². The van der Waals surface area contributed by atoms with Gasteiger partial charge in [0.2, 0.25) is 5.91 Å². The molecule has 150 valence electrons. The van der Waals surface area contributed by atoms with E-state index in [0.29, 0.717) is 32.4 Å². The number of aliphatic hydroxyl groups excluding tert-OH is 1. The van der Waals surface area contributed by atoms with Crippen molar-refractivity contribution in [3.8, 4) is 0 Å². The van der Waals surface area contributed by atoms with E-state index in [-0.39, 0.29) is 11.9 Å². The van der Waals surface area contributed by atoms with Gasteiger partial charge in [0.05, 0.1) is 0 Å². The number of carboxylic acids is 1. The van der Waals surface area contributed by atoms with Crippen molar-refractivity contribution in [1.82, 2.24) is 10.6 Å². The van der Waals surface area contributed by atoms with E-state index in [1.165, 1.54) is 0 Å². The average molecular weight is 391 g/mol. The van der Waals surface area contributed by atoms with Gasteiger partial charge >= 0.3 is 5.97 Å². The second-order valence-corrected chi connectivity index (χ2v) is 6.78. The molecular formula is C15H29N5O5S. The van der Waals surface area contributed by atoms with Gasteiger partial charge in [-0.25, -0.2) is 0 Å². The molecule has 8 N–H and O–H groups in total. The molecule has 0 aromatic rings. The molecule has 0 radical (unpaired) electrons. The predicted molar refractivity (Wildman–Crippen MR) is 101 cm³/mol. The van der Waals surface area contributed by atoms with Crippen LogP contribution in [0.1, 0.15) is 33.1 Å². The highest BCUT2D eigenvalue weighted by Gasteiger charge is 2.31. The van der Waals surface area contributed by atoms with Crippen LogP contribution in [0.3, 0.4) is 0 Å². The summed E-state index contributed by atoms with van der Waals surface area (Å²) in [5, 5.41) is 22.0. The summed E-state index contributed by atoms with van der Waals surface area (Å²) in [6.45, 7) is 4.57. The second kappa shape index (κ2) is 12.4. The van der Waals surface area contributed by atoms with Gasteiger partial charge in [-0.05, 0) is 25.2 Å². The van der Waals surface area contributed by atoms with Crippen molar-refractivity contribution in [2.24, 2.45) is 22.4 Å². The van der Waals surface area contributed by atoms with Crippen LogP contribution >= 0.6 is 12.6 Å². The van der Waals surface area contributed by atoms with Crippen molar-refractivity contribution < 1.29 is 24.6 Å². The minimum absolute atomic E-state index is 0.0103. The molecule has 0 aromatic heterocycles. The Balaban J connectivity index is 4.58. The summed E-state index contributed by atoms with van der Waals surface area (Å²) in [5.74, 6) is -2.69. The normalized spacial score (nSPS) is 14.2. The molecule has 0 aliphatic carbocycles. The summed E-state index contributed by atoms with van der Waals surface area (Å²) in [6.07, 6.45) is -0.204. The number of rotatable bonds is 12. The number of amides is 2. The maximum atomic E-state index is 12.3. The molecule has 0 fully saturated rings. The number of aliphatic carboxylic acids is 1. The highest BCUT2D eigenvalue weighted by Crippen LogP contribution is 2.08. The standard InChI is InChI=1S/C15H29N5O5S/c1-8(2)7-9(20-13(23)10(21)11(26)14(24)25)12(22)18-5-3-4-6-19-15(16)17/h8-11,21,26H,3-7H2,1-2H3,(H,18,22)(H,20,23)(H,24,25)(H4,16,17,19)/t9-,10-,11-/m1/s1. The Kier molecular flexibility index (Phi) is 11.4. The maximum absolute atomic E-state index is 12.3. The van der Waals surface area contributed by atoms with Crippen LogP contribution in [0.5, 0.6) is 0 Å². The van der Waals surface area contributed by atoms with Crippen molar-refractivity contribution in [1.29, 1.82) is 0 Å². The molecule has 0 saturated carbocycles. The van der Waals surface area contributed by atoms with E-state index in [0.717, 1.165) is 0 Å². The van der Waals surface area contributed by atoms with Crippen LogP contribution in [-0.2, 0) is 14.4 Å². The zero-order valence-electron chi connectivity index (χ0n) is 15.0. The Morgan fingerprint density at radius 2 is 1.77 bits per heavy atom. The number of guanidine groups is 1. The summed E-state index contributed by atoms with van der Waals surface area (Å²) in [4.78, 5) is 38.9. The fraction of sp³-hybridized carbons (Fsp3) is 0.733. The third kappa shape index (κ3) is 10.1. The van der Waals surface area contributed by atoms with E-state index in [1.807, 2.05) is 13.8 Å². The molecule has 0 saturated heterocycles. The number of thiol groups is 1. The fourth-order valence-corrected chi connectivity index (χ4v) is 2.15. The number of nitrogens with zero attached hydrogens (tertiary/aromatic N) is 1. The van der Waals surface area contributed by atoms with Gasteiger partial charge in [0.15, 0.2) is 12.1 Å². The quantitative estimate of drug-likeness (QED) is 0.0908. The largest absolute Gasteiger partial charge is 0.480 e. The van der Waals surface area contributed by atoms with Crippen LogP contribution in [0.25, 0.3) is 0 Å². The summed E-state index contributed by atoms with van der Waals surface area (Å²) in [5.41, 5.74) is 10.4. The highest BCUT2D eigenvalue weighted by molar-refractivity contribution is 7.81. The number of nitrogens with one attached hydrogen (secondary N) is 2. The molecule has 0 unspecified atom stereocenters. The number of carbonyl (C=O) groups excluding carboxylic acids is 2. The highest BCUT2D eigenvalue weighted by atomic mass is 32.1. The number of unbranched alkanes of at least 4 members (excludes halogenated alkanes) is 1. The lowest BCUT2D eigenvalue weighted by molar-refractivity contribution is -0.143. The molecule has 0 aliphatic heterocycles. The van der Waals surface area contributed by atoms with Crippen LogP contribution in [0, 0.1) is 5.92 Å². The van der Waals surface area contributed by atoms with Gasteiger partial charge in [-0.3, -0.25) is 19.4 Å². The molecule has 0 rings (SSSR count). The van der Waals surface area contributed by atoms with Crippen molar-refractivity contribution >= 4 is 36.4 Å². The van der Waals surface area contributed by atoms with Crippen LogP contribution in [0.4, 0.5) is 0 Å². The summed E-state index contributed by atoms with van der Waals surface area (Å²) < 4.78 is 0. The average Bonchev–Trinajstić information content (AvgIpc) is 2.54. The predicted octanol–water partition coefficient (Wildman–Crippen LogP) is -1.57. The Labute approximate surface area is 158 Å². The number of aliphatic hydroxyl groups is 1. The molecule has 2 amide bonds. The maximum Gasteiger partial charge on any atom is 0.319 e. The number of nitrogens with two attached hydrogens (primary N) is 2. The minimum Gasteiger partial charge on any atom is -0.480 e. The Morgan fingerprint density at radius 1 is 1.15 bits per heavy atom. The van der Waals surface area contributed by atoms with E-state index in [1.54, 1.807) is 0 Å². The van der Waals surface area contributed by atoms with E-state index in [2.05, 4.69) is 28.3 Å². The second-order valence-electron chi connectivity index (χ2n) is 6.22. The van der Waals surface area contributed by atoms with Crippen molar-refractivity contribution in [2.75, 3.05) is 13.1 Å². The Hall–Kier alpha value is -2.01. The topological polar surface area (TPSA) is 180 Å². The van der Waals surface area contributed by atoms with Gasteiger partial charge in [0.1, 0.15) is 11.3 Å². The van der Waals surface area contributed by atoms with E-state index >= 15 is 0 Å². The monoisotopic (exact) mass is 391 g/mol. The number of hydrogen-bond acceptors (Lipinski definition) is 6. The molecule has 11 heteroatoms. The molecule has 26 heavy (non-hydrogen) atoms. The molecule has 0 heterocycles. The molecule has 3 atom stereocenters. The lowest BCUT2D eigenvalue weighted by atomic mass is 10.0. The Bertz CT molecular complexity index is 511. The molecule has 0 aliphatic rings. The summed E-state index contributed by atoms with van der Waals surface area (Å²) >= 11 is 3.67. The van der Waals surface area contributed by atoms with Gasteiger partial charge < -0.3 is 32.3 Å². The number of aliphatic imine (C=N–C) groups is 1. The van der Waals surface area contributed by atoms with E-state index in [4.69, 9.17) is 16.6 Å². The summed E-state index contributed by atoms with van der Waals surface area (Å²) in [7, 11) is 0. The SMILES string of the molecule is CC(C)C[C@@H](NC(=O)[C@H](O)[C@@H](S)C(=O)O)C(=O)NCCCCN=C(N)N. The lowest BCUT2D eigenvalue weighted by Crippen LogP contribution is -2.52. The molecule has 0 spiro atoms. The van der Waals surface area contributed by atoms with Crippen LogP contribution in [0.2, 0.25) is 0 Å². The van der Waals surface area contributed by atoms with Crippen LogP contribution < -0.4 is 22.1 Å². The van der Waals surface area contributed by atoms with Crippen molar-refractivity contribution in [3.05, 3.63) is 0 Å². The number of carboxylic acid groups (broad SMARTS) is 1. The smallest absolute Gasteiger partial charge is 0.319 e. The third-order valence-electron chi connectivity index (χ3n) is 3.34. The van der Waals surface area contributed by atoms with Gasteiger partial charge in [-0.15, -0.1) is 0 Å². The van der Waals surface area contributed by atoms with Gasteiger partial charge in [0.25, 0.3) is 5.91 Å². The van der Waals surface area contributed by atoms with Crippen molar-refractivity contribution in [2.45, 2.75) is 50.5 Å². The lowest BCUT2D eigenvalue weighted by Gasteiger charge is -2.22. The number of hydrogen-bond donors (Lipinski definition) is 7. The zero-order chi connectivity index (χ0) is 20.3. The molecule has 10 nitrogen and oxygen atoms in total. The first-order chi connectivity index (χ1) is 12.1. The molecular weight excluding hydrogens is 362 g/mol. The van der Waals surface area contributed by atoms with E-state index in [9.17, 15) is 19.5 Å². The Morgan fingerprint density at radius 3 is 2.27 bits per heavy atom. The summed E-state index contributed by atoms with van der Waals surface area (Å²) in [6, 6.07) is -0.885. The van der Waals surface area contributed by atoms with Gasteiger partial charge in [-0.1, -0.05) is 13.8 Å². The van der Waals surface area contributed by atoms with Crippen LogP contribution in [-0.4, -0.2) is 64.4 Å². The first kappa shape index (κ1) is 24.0. The van der Waals surface area contributed by atoms with Crippen LogP contribution in [0.15, 0.2) is 4.99 Å². The zero-order valence-corrected chi connectivity index (χ0v) is 15.9. The van der Waals surface area contributed by atoms with E-state index < -0.39 is 35.2 Å². The number of carbonyl (C=O) groups is 3.